The van der Waals surface area contributed by atoms with E-state index in [0.29, 0.717) is 22.1 Å². The van der Waals surface area contributed by atoms with Gasteiger partial charge in [0.25, 0.3) is 11.5 Å². The quantitative estimate of drug-likeness (QED) is 0.359. The summed E-state index contributed by atoms with van der Waals surface area (Å²) in [5.74, 6) is -5.17. The van der Waals surface area contributed by atoms with Gasteiger partial charge >= 0.3 is 11.7 Å². The number of oxime groups is 1. The zero-order valence-electron chi connectivity index (χ0n) is 17.0. The molecule has 1 aromatic heterocycles. The van der Waals surface area contributed by atoms with Gasteiger partial charge in [0.15, 0.2) is 0 Å². The molecule has 0 saturated heterocycles. The summed E-state index contributed by atoms with van der Waals surface area (Å²) in [4.78, 5) is 41.3. The van der Waals surface area contributed by atoms with Crippen molar-refractivity contribution < 1.29 is 27.5 Å². The molecule has 0 saturated carbocycles. The van der Waals surface area contributed by atoms with Gasteiger partial charge in [0, 0.05) is 25.6 Å². The van der Waals surface area contributed by atoms with Crippen molar-refractivity contribution >= 4 is 23.8 Å². The molecule has 8 nitrogen and oxygen atoms in total. The Labute approximate surface area is 179 Å². The van der Waals surface area contributed by atoms with E-state index in [4.69, 9.17) is 21.2 Å². The number of ether oxygens (including phenoxy) is 1. The predicted molar refractivity (Wildman–Crippen MR) is 107 cm³/mol. The third kappa shape index (κ3) is 5.35. The van der Waals surface area contributed by atoms with Crippen LogP contribution in [0, 0.1) is 5.82 Å². The summed E-state index contributed by atoms with van der Waals surface area (Å²) < 4.78 is 47.5. The van der Waals surface area contributed by atoms with Gasteiger partial charge in [-0.2, -0.15) is 0 Å². The molecule has 1 atom stereocenters. The van der Waals surface area contributed by atoms with E-state index in [1.165, 1.54) is 6.92 Å². The number of nitrogens with zero attached hydrogens (tertiary/aromatic N) is 3. The first-order valence-corrected chi connectivity index (χ1v) is 9.32. The highest BCUT2D eigenvalue weighted by Crippen LogP contribution is 2.25. The van der Waals surface area contributed by atoms with Crippen LogP contribution in [0.3, 0.4) is 0 Å². The predicted octanol–water partition coefficient (Wildman–Crippen LogP) is 2.74. The summed E-state index contributed by atoms with van der Waals surface area (Å²) in [7, 11) is 1.03. The minimum Gasteiger partial charge on any atom is -0.463 e. The lowest BCUT2D eigenvalue weighted by atomic mass is 10.2. The minimum absolute atomic E-state index is 0.0352. The van der Waals surface area contributed by atoms with E-state index in [0.717, 1.165) is 25.4 Å². The van der Waals surface area contributed by atoms with Crippen LogP contribution in [0.15, 0.2) is 32.9 Å². The number of rotatable bonds is 7. The van der Waals surface area contributed by atoms with Crippen LogP contribution in [0.5, 0.6) is 0 Å². The first kappa shape index (κ1) is 24.2. The average Bonchev–Trinajstić information content (AvgIpc) is 2.66. The van der Waals surface area contributed by atoms with Gasteiger partial charge in [0.05, 0.1) is 29.2 Å². The van der Waals surface area contributed by atoms with Crippen LogP contribution >= 0.6 is 11.6 Å². The number of halogens is 4. The Morgan fingerprint density at radius 2 is 1.97 bits per heavy atom. The van der Waals surface area contributed by atoms with Gasteiger partial charge in [-0.05, 0) is 26.0 Å². The second kappa shape index (κ2) is 9.38. The van der Waals surface area contributed by atoms with Crippen molar-refractivity contribution in [2.75, 3.05) is 6.61 Å². The first-order valence-electron chi connectivity index (χ1n) is 8.95. The molecule has 12 heteroatoms. The van der Waals surface area contributed by atoms with Crippen molar-refractivity contribution in [1.82, 2.24) is 9.13 Å². The van der Waals surface area contributed by atoms with Crippen LogP contribution in [0.4, 0.5) is 13.2 Å². The normalized spacial score (nSPS) is 12.8. The summed E-state index contributed by atoms with van der Waals surface area (Å²) in [5.41, 5.74) is -3.65. The van der Waals surface area contributed by atoms with Crippen LogP contribution in [0.25, 0.3) is 5.69 Å². The van der Waals surface area contributed by atoms with Crippen LogP contribution in [0.2, 0.25) is 5.02 Å². The first-order chi connectivity index (χ1) is 14.4. The van der Waals surface area contributed by atoms with E-state index < -0.39 is 46.4 Å². The summed E-state index contributed by atoms with van der Waals surface area (Å²) in [6, 6.07) is 2.39. The number of alkyl halides is 2. The lowest BCUT2D eigenvalue weighted by molar-refractivity contribution is -0.155. The maximum atomic E-state index is 14.5. The smallest absolute Gasteiger partial charge is 0.349 e. The SMILES string of the molecule is CCOC(=O)[C@@H](C)O/N=C/c1cc(-n2c(=O)cc(C(C)(F)F)n(C)c2=O)c(F)cc1Cl. The van der Waals surface area contributed by atoms with E-state index in [1.54, 1.807) is 6.92 Å². The number of carbonyl (C=O) groups is 1. The number of benzene rings is 1. The number of carbonyl (C=O) groups excluding carboxylic acids is 1. The molecule has 0 amide bonds. The molecule has 0 aliphatic carbocycles. The van der Waals surface area contributed by atoms with E-state index in [9.17, 15) is 27.6 Å². The van der Waals surface area contributed by atoms with E-state index in [-0.39, 0.29) is 17.2 Å². The highest BCUT2D eigenvalue weighted by atomic mass is 35.5. The van der Waals surface area contributed by atoms with Gasteiger partial charge in [0.2, 0.25) is 6.10 Å². The molecule has 168 valence electrons. The molecule has 1 aromatic carbocycles. The number of esters is 1. The second-order valence-corrected chi connectivity index (χ2v) is 6.90. The van der Waals surface area contributed by atoms with Gasteiger partial charge in [-0.1, -0.05) is 16.8 Å². The van der Waals surface area contributed by atoms with Gasteiger partial charge < -0.3 is 9.57 Å². The van der Waals surface area contributed by atoms with Crippen LogP contribution in [-0.4, -0.2) is 34.0 Å². The lowest BCUT2D eigenvalue weighted by Crippen LogP contribution is -2.41. The number of hydrogen-bond donors (Lipinski definition) is 0. The standard InChI is InChI=1S/C19H19ClF3N3O5/c1-5-30-17(28)10(2)31-24-9-11-6-14(13(21)7-12(11)20)26-16(27)8-15(19(3,22)23)25(4)18(26)29/h6-10H,5H2,1-4H3/b24-9+/t10-/m1/s1. The van der Waals surface area contributed by atoms with Crippen LogP contribution in [0.1, 0.15) is 32.0 Å². The molecule has 0 aliphatic heterocycles. The average molecular weight is 462 g/mol. The molecule has 0 spiro atoms. The Bertz CT molecular complexity index is 1140. The Morgan fingerprint density at radius 3 is 2.55 bits per heavy atom. The highest BCUT2D eigenvalue weighted by Gasteiger charge is 2.30. The Balaban J connectivity index is 2.50. The van der Waals surface area contributed by atoms with Crippen molar-refractivity contribution in [2.45, 2.75) is 32.8 Å². The molecule has 0 N–H and O–H groups in total. The molecule has 0 bridgehead atoms. The summed E-state index contributed by atoms with van der Waals surface area (Å²) >= 11 is 5.96. The summed E-state index contributed by atoms with van der Waals surface area (Å²) in [5, 5.41) is 3.44. The zero-order chi connectivity index (χ0) is 23.5. The fourth-order valence-electron chi connectivity index (χ4n) is 2.57. The zero-order valence-corrected chi connectivity index (χ0v) is 17.7. The van der Waals surface area contributed by atoms with Crippen molar-refractivity contribution in [3.05, 3.63) is 61.1 Å². The fourth-order valence-corrected chi connectivity index (χ4v) is 2.77. The highest BCUT2D eigenvalue weighted by molar-refractivity contribution is 6.33. The lowest BCUT2D eigenvalue weighted by Gasteiger charge is -2.17. The molecule has 0 radical (unpaired) electrons. The second-order valence-electron chi connectivity index (χ2n) is 6.49. The molecule has 2 aromatic rings. The number of hydrogen-bond acceptors (Lipinski definition) is 6. The fraction of sp³-hybridized carbons (Fsp3) is 0.368. The summed E-state index contributed by atoms with van der Waals surface area (Å²) in [6.45, 7) is 3.69. The topological polar surface area (TPSA) is 91.9 Å². The van der Waals surface area contributed by atoms with Crippen molar-refractivity contribution in [2.24, 2.45) is 12.2 Å². The number of aromatic nitrogens is 2. The Morgan fingerprint density at radius 1 is 1.32 bits per heavy atom. The molecular formula is C19H19ClF3N3O5. The maximum Gasteiger partial charge on any atom is 0.349 e. The van der Waals surface area contributed by atoms with Crippen LogP contribution < -0.4 is 11.2 Å². The van der Waals surface area contributed by atoms with Crippen LogP contribution in [-0.2, 0) is 27.3 Å². The third-order valence-corrected chi connectivity index (χ3v) is 4.43. The maximum absolute atomic E-state index is 14.5. The molecule has 1 heterocycles. The molecule has 0 unspecified atom stereocenters. The molecule has 2 rings (SSSR count). The van der Waals surface area contributed by atoms with E-state index in [2.05, 4.69) is 5.16 Å². The third-order valence-electron chi connectivity index (χ3n) is 4.11. The van der Waals surface area contributed by atoms with Crippen molar-refractivity contribution in [3.8, 4) is 5.69 Å². The van der Waals surface area contributed by atoms with E-state index in [1.807, 2.05) is 0 Å². The van der Waals surface area contributed by atoms with E-state index >= 15 is 0 Å². The minimum atomic E-state index is -3.46. The van der Waals surface area contributed by atoms with Crippen molar-refractivity contribution in [1.29, 1.82) is 0 Å². The Hall–Kier alpha value is -3.08. The molecule has 0 aliphatic rings. The van der Waals surface area contributed by atoms with Crippen molar-refractivity contribution in [3.63, 3.8) is 0 Å². The largest absolute Gasteiger partial charge is 0.463 e. The summed E-state index contributed by atoms with van der Waals surface area (Å²) in [6.07, 6.45) is -0.00139. The monoisotopic (exact) mass is 461 g/mol. The molecule has 0 fully saturated rings. The van der Waals surface area contributed by atoms with Gasteiger partial charge in [0.1, 0.15) is 5.82 Å². The van der Waals surface area contributed by atoms with Gasteiger partial charge in [-0.3, -0.25) is 9.36 Å². The molecular weight excluding hydrogens is 443 g/mol. The van der Waals surface area contributed by atoms with Gasteiger partial charge in [-0.15, -0.1) is 0 Å². The molecule has 31 heavy (non-hydrogen) atoms. The van der Waals surface area contributed by atoms with Gasteiger partial charge in [-0.25, -0.2) is 27.3 Å². The Kier molecular flexibility index (Phi) is 7.32.